The largest absolute Gasteiger partial charge is 0.445 e. The van der Waals surface area contributed by atoms with Gasteiger partial charge >= 0.3 is 12.2 Å². The zero-order valence-corrected chi connectivity index (χ0v) is 19.9. The Morgan fingerprint density at radius 3 is 2.44 bits per heavy atom. The van der Waals surface area contributed by atoms with Crippen LogP contribution < -0.4 is 0 Å². The van der Waals surface area contributed by atoms with Crippen LogP contribution >= 0.6 is 0 Å². The quantitative estimate of drug-likeness (QED) is 0.645. The van der Waals surface area contributed by atoms with Crippen LogP contribution in [0.1, 0.15) is 58.4 Å². The van der Waals surface area contributed by atoms with E-state index < -0.39 is 5.60 Å². The van der Waals surface area contributed by atoms with Gasteiger partial charge in [-0.2, -0.15) is 0 Å². The second-order valence-electron chi connectivity index (χ2n) is 9.86. The van der Waals surface area contributed by atoms with E-state index in [1.165, 1.54) is 19.3 Å². The van der Waals surface area contributed by atoms with Crippen molar-refractivity contribution in [3.05, 3.63) is 35.9 Å². The van der Waals surface area contributed by atoms with Crippen molar-refractivity contribution in [1.29, 1.82) is 0 Å². The Balaban J connectivity index is 1.60. The van der Waals surface area contributed by atoms with E-state index in [-0.39, 0.29) is 24.8 Å². The lowest BCUT2D eigenvalue weighted by molar-refractivity contribution is 0.00219. The van der Waals surface area contributed by atoms with Gasteiger partial charge in [0.2, 0.25) is 0 Å². The fourth-order valence-corrected chi connectivity index (χ4v) is 4.36. The van der Waals surface area contributed by atoms with E-state index in [0.29, 0.717) is 19.6 Å². The summed E-state index contributed by atoms with van der Waals surface area (Å²) < 4.78 is 11.3. The van der Waals surface area contributed by atoms with E-state index in [4.69, 9.17) is 9.47 Å². The van der Waals surface area contributed by atoms with Gasteiger partial charge in [-0.05, 0) is 65.1 Å². The first-order chi connectivity index (χ1) is 15.3. The maximum absolute atomic E-state index is 13.1. The number of nitrogens with zero attached hydrogens (tertiary/aromatic N) is 3. The molecule has 2 aliphatic rings. The molecule has 0 bridgehead atoms. The number of carbonyl (C=O) groups excluding carboxylic acids is 2. The fourth-order valence-electron chi connectivity index (χ4n) is 4.36. The van der Waals surface area contributed by atoms with Gasteiger partial charge in [0.25, 0.3) is 0 Å². The minimum atomic E-state index is -0.552. The van der Waals surface area contributed by atoms with Crippen LogP contribution in [0.15, 0.2) is 30.3 Å². The number of likely N-dealkylation sites (tertiary alicyclic amines) is 2. The third-order valence-electron chi connectivity index (χ3n) is 6.03. The first-order valence-electron chi connectivity index (χ1n) is 12.0. The van der Waals surface area contributed by atoms with E-state index in [2.05, 4.69) is 4.90 Å². The number of ether oxygens (including phenoxy) is 2. The van der Waals surface area contributed by atoms with E-state index >= 15 is 0 Å². The molecule has 7 nitrogen and oxygen atoms in total. The van der Waals surface area contributed by atoms with Crippen LogP contribution in [0.25, 0.3) is 0 Å². The summed E-state index contributed by atoms with van der Waals surface area (Å²) in [4.78, 5) is 31.8. The van der Waals surface area contributed by atoms with Crippen molar-refractivity contribution in [1.82, 2.24) is 14.7 Å². The molecule has 1 aromatic rings. The van der Waals surface area contributed by atoms with Gasteiger partial charge in [-0.15, -0.1) is 0 Å². The average molecular weight is 446 g/mol. The third kappa shape index (κ3) is 7.69. The number of carbonyl (C=O) groups is 2. The van der Waals surface area contributed by atoms with Gasteiger partial charge in [-0.1, -0.05) is 36.8 Å². The van der Waals surface area contributed by atoms with Gasteiger partial charge in [0.05, 0.1) is 6.04 Å². The Labute approximate surface area is 192 Å². The van der Waals surface area contributed by atoms with Crippen LogP contribution in [-0.2, 0) is 16.1 Å². The predicted molar refractivity (Wildman–Crippen MR) is 124 cm³/mol. The Bertz CT molecular complexity index is 728. The molecule has 0 saturated carbocycles. The number of hydrogen-bond donors (Lipinski definition) is 0. The van der Waals surface area contributed by atoms with Gasteiger partial charge < -0.3 is 24.2 Å². The molecule has 3 rings (SSSR count). The van der Waals surface area contributed by atoms with E-state index in [0.717, 1.165) is 38.0 Å². The third-order valence-corrected chi connectivity index (χ3v) is 6.03. The molecule has 1 atom stereocenters. The van der Waals surface area contributed by atoms with Crippen LogP contribution in [-0.4, -0.2) is 77.8 Å². The number of rotatable bonds is 6. The minimum absolute atomic E-state index is 0.0623. The van der Waals surface area contributed by atoms with E-state index in [9.17, 15) is 9.59 Å². The molecular weight excluding hydrogens is 406 g/mol. The van der Waals surface area contributed by atoms with Crippen molar-refractivity contribution in [2.45, 2.75) is 71.1 Å². The Morgan fingerprint density at radius 2 is 1.75 bits per heavy atom. The lowest BCUT2D eigenvalue weighted by Gasteiger charge is -2.40. The Kier molecular flexibility index (Phi) is 8.79. The topological polar surface area (TPSA) is 62.3 Å². The highest BCUT2D eigenvalue weighted by molar-refractivity contribution is 5.70. The highest BCUT2D eigenvalue weighted by atomic mass is 16.6. The van der Waals surface area contributed by atoms with Gasteiger partial charge in [0, 0.05) is 26.2 Å². The van der Waals surface area contributed by atoms with E-state index in [1.54, 1.807) is 4.90 Å². The first-order valence-corrected chi connectivity index (χ1v) is 12.0. The summed E-state index contributed by atoms with van der Waals surface area (Å²) in [6.45, 7) is 10.7. The van der Waals surface area contributed by atoms with Gasteiger partial charge in [-0.3, -0.25) is 0 Å². The van der Waals surface area contributed by atoms with Crippen molar-refractivity contribution in [3.63, 3.8) is 0 Å². The van der Waals surface area contributed by atoms with Crippen molar-refractivity contribution < 1.29 is 19.1 Å². The summed E-state index contributed by atoms with van der Waals surface area (Å²) in [5, 5.41) is 0. The van der Waals surface area contributed by atoms with E-state index in [1.807, 2.05) is 56.0 Å². The van der Waals surface area contributed by atoms with Crippen LogP contribution in [0.3, 0.4) is 0 Å². The molecule has 1 unspecified atom stereocenters. The second-order valence-corrected chi connectivity index (χ2v) is 9.86. The summed E-state index contributed by atoms with van der Waals surface area (Å²) in [5.41, 5.74) is 0.412. The summed E-state index contributed by atoms with van der Waals surface area (Å²) in [6, 6.07) is 9.62. The lowest BCUT2D eigenvalue weighted by Crippen LogP contribution is -2.54. The number of benzene rings is 1. The van der Waals surface area contributed by atoms with Crippen molar-refractivity contribution >= 4 is 12.2 Å². The zero-order valence-electron chi connectivity index (χ0n) is 19.9. The Hall–Kier alpha value is -2.28. The molecule has 0 spiro atoms. The normalized spacial score (nSPS) is 20.0. The summed E-state index contributed by atoms with van der Waals surface area (Å²) in [7, 11) is 0. The molecule has 1 aromatic carbocycles. The standard InChI is InChI=1S/C25H39N3O4/c1-25(2,3)32-24(30)28(18-17-26-14-8-5-9-15-26)22-13-10-16-27(19-22)23(29)31-20-21-11-6-4-7-12-21/h4,6-7,11-12,22H,5,8-10,13-20H2,1-3H3. The van der Waals surface area contributed by atoms with Crippen molar-refractivity contribution in [2.75, 3.05) is 39.3 Å². The molecule has 2 amide bonds. The number of amides is 2. The second kappa shape index (κ2) is 11.5. The lowest BCUT2D eigenvalue weighted by atomic mass is 10.0. The van der Waals surface area contributed by atoms with Crippen LogP contribution in [0.2, 0.25) is 0 Å². The Morgan fingerprint density at radius 1 is 1.03 bits per heavy atom. The van der Waals surface area contributed by atoms with Crippen LogP contribution in [0.4, 0.5) is 9.59 Å². The van der Waals surface area contributed by atoms with Gasteiger partial charge in [0.15, 0.2) is 0 Å². The molecule has 2 saturated heterocycles. The molecular formula is C25H39N3O4. The highest BCUT2D eigenvalue weighted by Gasteiger charge is 2.33. The molecule has 2 fully saturated rings. The highest BCUT2D eigenvalue weighted by Crippen LogP contribution is 2.21. The monoisotopic (exact) mass is 445 g/mol. The summed E-state index contributed by atoms with van der Waals surface area (Å²) >= 11 is 0. The molecule has 0 aliphatic carbocycles. The number of piperidine rings is 2. The maximum Gasteiger partial charge on any atom is 0.410 e. The molecule has 7 heteroatoms. The molecule has 0 radical (unpaired) electrons. The molecule has 0 aromatic heterocycles. The average Bonchev–Trinajstić information content (AvgIpc) is 2.78. The molecule has 178 valence electrons. The summed E-state index contributed by atoms with van der Waals surface area (Å²) in [5.74, 6) is 0. The minimum Gasteiger partial charge on any atom is -0.445 e. The maximum atomic E-state index is 13.1. The predicted octanol–water partition coefficient (Wildman–Crippen LogP) is 4.51. The molecule has 2 aliphatic heterocycles. The molecule has 32 heavy (non-hydrogen) atoms. The van der Waals surface area contributed by atoms with Crippen molar-refractivity contribution in [3.8, 4) is 0 Å². The summed E-state index contributed by atoms with van der Waals surface area (Å²) in [6.07, 6.45) is 4.82. The SMILES string of the molecule is CC(C)(C)OC(=O)N(CCN1CCCCC1)C1CCCN(C(=O)OCc2ccccc2)C1. The van der Waals surface area contributed by atoms with Crippen LogP contribution in [0, 0.1) is 0 Å². The fraction of sp³-hybridized carbons (Fsp3) is 0.680. The first kappa shape index (κ1) is 24.4. The van der Waals surface area contributed by atoms with Gasteiger partial charge in [0.1, 0.15) is 12.2 Å². The van der Waals surface area contributed by atoms with Crippen molar-refractivity contribution in [2.24, 2.45) is 0 Å². The van der Waals surface area contributed by atoms with Gasteiger partial charge in [-0.25, -0.2) is 9.59 Å². The van der Waals surface area contributed by atoms with Crippen LogP contribution in [0.5, 0.6) is 0 Å². The smallest absolute Gasteiger partial charge is 0.410 e. The molecule has 0 N–H and O–H groups in total. The number of hydrogen-bond acceptors (Lipinski definition) is 5. The molecule has 2 heterocycles. The zero-order chi connectivity index (χ0) is 23.0.